The highest BCUT2D eigenvalue weighted by Gasteiger charge is 2.33. The number of aliphatic hydroxyl groups is 1. The topological polar surface area (TPSA) is 129 Å². The van der Waals surface area contributed by atoms with E-state index in [4.69, 9.17) is 9.47 Å². The summed E-state index contributed by atoms with van der Waals surface area (Å²) in [6, 6.07) is 9.22. The highest BCUT2D eigenvalue weighted by molar-refractivity contribution is 7.89. The van der Waals surface area contributed by atoms with Gasteiger partial charge in [-0.25, -0.2) is 12.8 Å². The molecular formula is C30H41FN4O7S. The highest BCUT2D eigenvalue weighted by Crippen LogP contribution is 2.30. The molecule has 236 valence electrons. The Hall–Kier alpha value is -3.10. The van der Waals surface area contributed by atoms with Crippen LogP contribution in [0.4, 0.5) is 10.1 Å². The number of ether oxygens (including phenoxy) is 2. The zero-order valence-corrected chi connectivity index (χ0v) is 25.7. The first-order chi connectivity index (χ1) is 20.5. The molecule has 3 atom stereocenters. The van der Waals surface area contributed by atoms with E-state index in [2.05, 4.69) is 10.2 Å². The molecule has 0 bridgehead atoms. The molecule has 0 aliphatic carbocycles. The van der Waals surface area contributed by atoms with E-state index >= 15 is 0 Å². The first-order valence-electron chi connectivity index (χ1n) is 14.5. The van der Waals surface area contributed by atoms with Crippen LogP contribution in [-0.2, 0) is 30.8 Å². The van der Waals surface area contributed by atoms with Gasteiger partial charge in [0.05, 0.1) is 43.7 Å². The lowest BCUT2D eigenvalue weighted by atomic mass is 10.0. The fourth-order valence-corrected chi connectivity index (χ4v) is 6.35. The number of morpholine rings is 1. The van der Waals surface area contributed by atoms with Crippen LogP contribution in [0.25, 0.3) is 0 Å². The van der Waals surface area contributed by atoms with Gasteiger partial charge >= 0.3 is 0 Å². The zero-order valence-electron chi connectivity index (χ0n) is 24.9. The number of nitrogens with one attached hydrogen (secondary N) is 1. The van der Waals surface area contributed by atoms with E-state index in [-0.39, 0.29) is 48.7 Å². The zero-order chi connectivity index (χ0) is 31.1. The number of rotatable bonds is 10. The monoisotopic (exact) mass is 620 g/mol. The summed E-state index contributed by atoms with van der Waals surface area (Å²) in [6.07, 6.45) is -0.393. The standard InChI is InChI=1S/C30H41FN4O7S/c1-21-18-35(22(2)20-36)30(38)17-23-16-25(32-29(37)10-11-34-12-14-41-15-13-34)6-9-27(23)42-28(21)19-33(3)43(39,40)26-7-4-24(31)5-8-26/h4-9,16,21-22,28,36H,10-15,17-20H2,1-3H3,(H,32,37)/t21-,22-,28+/m1/s1. The summed E-state index contributed by atoms with van der Waals surface area (Å²) in [7, 11) is -2.53. The lowest BCUT2D eigenvalue weighted by Gasteiger charge is -2.33. The van der Waals surface area contributed by atoms with E-state index in [0.717, 1.165) is 29.5 Å². The minimum Gasteiger partial charge on any atom is -0.488 e. The Morgan fingerprint density at radius 2 is 1.88 bits per heavy atom. The molecule has 2 N–H and O–H groups in total. The Morgan fingerprint density at radius 3 is 2.56 bits per heavy atom. The molecule has 0 aromatic heterocycles. The molecule has 2 aliphatic heterocycles. The molecule has 0 unspecified atom stereocenters. The maximum atomic E-state index is 13.5. The van der Waals surface area contributed by atoms with E-state index in [0.29, 0.717) is 43.2 Å². The summed E-state index contributed by atoms with van der Waals surface area (Å²) in [5, 5.41) is 12.8. The number of fused-ring (bicyclic) bond motifs is 1. The van der Waals surface area contributed by atoms with Crippen molar-refractivity contribution in [1.29, 1.82) is 0 Å². The van der Waals surface area contributed by atoms with E-state index in [1.165, 1.54) is 19.2 Å². The predicted molar refractivity (Wildman–Crippen MR) is 159 cm³/mol. The van der Waals surface area contributed by atoms with Crippen molar-refractivity contribution in [2.75, 3.05) is 64.9 Å². The molecule has 43 heavy (non-hydrogen) atoms. The summed E-state index contributed by atoms with van der Waals surface area (Å²) in [5.41, 5.74) is 1.05. The largest absolute Gasteiger partial charge is 0.488 e. The van der Waals surface area contributed by atoms with Crippen molar-refractivity contribution in [3.05, 3.63) is 53.8 Å². The average Bonchev–Trinajstić information content (AvgIpc) is 3.03. The second kappa shape index (κ2) is 14.6. The van der Waals surface area contributed by atoms with Crippen LogP contribution < -0.4 is 10.1 Å². The molecular weight excluding hydrogens is 579 g/mol. The SMILES string of the molecule is C[C@@H]1CN([C@H](C)CO)C(=O)Cc2cc(NC(=O)CCN3CCOCC3)ccc2O[C@H]1CN(C)S(=O)(=O)c1ccc(F)cc1. The number of hydrogen-bond donors (Lipinski definition) is 2. The summed E-state index contributed by atoms with van der Waals surface area (Å²) in [6.45, 7) is 7.04. The third-order valence-corrected chi connectivity index (χ3v) is 9.76. The number of carbonyl (C=O) groups excluding carboxylic acids is 2. The number of anilines is 1. The Bertz CT molecular complexity index is 1370. The summed E-state index contributed by atoms with van der Waals surface area (Å²) < 4.78 is 52.9. The van der Waals surface area contributed by atoms with Crippen LogP contribution in [0.5, 0.6) is 5.75 Å². The van der Waals surface area contributed by atoms with E-state index in [1.807, 2.05) is 6.92 Å². The van der Waals surface area contributed by atoms with E-state index in [1.54, 1.807) is 30.0 Å². The van der Waals surface area contributed by atoms with E-state index in [9.17, 15) is 27.5 Å². The molecule has 1 fully saturated rings. The molecule has 2 aliphatic rings. The molecule has 2 aromatic rings. The van der Waals surface area contributed by atoms with Crippen LogP contribution in [0.1, 0.15) is 25.8 Å². The smallest absolute Gasteiger partial charge is 0.242 e. The molecule has 0 spiro atoms. The van der Waals surface area contributed by atoms with Crippen LogP contribution in [0.3, 0.4) is 0 Å². The number of likely N-dealkylation sites (N-methyl/N-ethyl adjacent to an activating group) is 1. The maximum absolute atomic E-state index is 13.5. The van der Waals surface area contributed by atoms with Gasteiger partial charge in [0.15, 0.2) is 0 Å². The highest BCUT2D eigenvalue weighted by atomic mass is 32.2. The van der Waals surface area contributed by atoms with Crippen LogP contribution >= 0.6 is 0 Å². The number of amides is 2. The molecule has 4 rings (SSSR count). The van der Waals surface area contributed by atoms with Crippen molar-refractivity contribution in [3.63, 3.8) is 0 Å². The van der Waals surface area contributed by atoms with Gasteiger partial charge in [0.25, 0.3) is 0 Å². The third kappa shape index (κ3) is 8.51. The molecule has 13 heteroatoms. The van der Waals surface area contributed by atoms with Gasteiger partial charge in [-0.05, 0) is 49.4 Å². The second-order valence-electron chi connectivity index (χ2n) is 11.2. The molecule has 1 saturated heterocycles. The van der Waals surface area contributed by atoms with Gasteiger partial charge in [0.2, 0.25) is 21.8 Å². The number of carbonyl (C=O) groups is 2. The Balaban J connectivity index is 1.56. The van der Waals surface area contributed by atoms with Crippen molar-refractivity contribution in [2.45, 2.75) is 43.7 Å². The van der Waals surface area contributed by atoms with Crippen molar-refractivity contribution in [1.82, 2.24) is 14.1 Å². The molecule has 2 heterocycles. The molecule has 2 aromatic carbocycles. The van der Waals surface area contributed by atoms with Gasteiger partial charge in [0.1, 0.15) is 17.7 Å². The van der Waals surface area contributed by atoms with Crippen molar-refractivity contribution >= 4 is 27.5 Å². The molecule has 0 saturated carbocycles. The number of hydrogen-bond acceptors (Lipinski definition) is 8. The minimum absolute atomic E-state index is 0.0275. The van der Waals surface area contributed by atoms with Crippen molar-refractivity contribution < 1.29 is 37.0 Å². The summed E-state index contributed by atoms with van der Waals surface area (Å²) in [4.78, 5) is 29.9. The molecule has 11 nitrogen and oxygen atoms in total. The third-order valence-electron chi connectivity index (χ3n) is 7.92. The Morgan fingerprint density at radius 1 is 1.19 bits per heavy atom. The summed E-state index contributed by atoms with van der Waals surface area (Å²) in [5.74, 6) is -0.836. The number of sulfonamides is 1. The number of nitrogens with zero attached hydrogens (tertiary/aromatic N) is 3. The Labute approximate surface area is 252 Å². The number of halogens is 1. The average molecular weight is 621 g/mol. The predicted octanol–water partition coefficient (Wildman–Crippen LogP) is 1.96. The first kappa shape index (κ1) is 32.8. The van der Waals surface area contributed by atoms with Gasteiger partial charge in [-0.2, -0.15) is 4.31 Å². The number of aliphatic hydroxyl groups excluding tert-OH is 1. The summed E-state index contributed by atoms with van der Waals surface area (Å²) >= 11 is 0. The lowest BCUT2D eigenvalue weighted by molar-refractivity contribution is -0.134. The van der Waals surface area contributed by atoms with Crippen molar-refractivity contribution in [3.8, 4) is 5.75 Å². The van der Waals surface area contributed by atoms with Crippen LogP contribution in [0.2, 0.25) is 0 Å². The van der Waals surface area contributed by atoms with E-state index < -0.39 is 28.0 Å². The fourth-order valence-electron chi connectivity index (χ4n) is 5.17. The van der Waals surface area contributed by atoms with Gasteiger partial charge in [-0.3, -0.25) is 14.5 Å². The maximum Gasteiger partial charge on any atom is 0.242 e. The Kier molecular flexibility index (Phi) is 11.1. The molecule has 2 amide bonds. The van der Waals surface area contributed by atoms with Crippen LogP contribution in [-0.4, -0.2) is 111 Å². The normalized spacial score (nSPS) is 20.9. The van der Waals surface area contributed by atoms with Crippen LogP contribution in [0.15, 0.2) is 47.4 Å². The number of benzene rings is 2. The van der Waals surface area contributed by atoms with Crippen molar-refractivity contribution in [2.24, 2.45) is 5.92 Å². The quantitative estimate of drug-likeness (QED) is 0.413. The molecule has 0 radical (unpaired) electrons. The fraction of sp³-hybridized carbons (Fsp3) is 0.533. The van der Waals surface area contributed by atoms with Gasteiger partial charge in [0, 0.05) is 56.8 Å². The first-order valence-corrected chi connectivity index (χ1v) is 15.9. The van der Waals surface area contributed by atoms with Gasteiger partial charge < -0.3 is 24.8 Å². The van der Waals surface area contributed by atoms with Crippen LogP contribution in [0, 0.1) is 11.7 Å². The lowest BCUT2D eigenvalue weighted by Crippen LogP contribution is -2.48. The van der Waals surface area contributed by atoms with Gasteiger partial charge in [-0.15, -0.1) is 0 Å². The van der Waals surface area contributed by atoms with Gasteiger partial charge in [-0.1, -0.05) is 6.92 Å². The second-order valence-corrected chi connectivity index (χ2v) is 13.2. The minimum atomic E-state index is -3.96.